The molecule has 104 valence electrons. The Hall–Kier alpha value is -2.47. The quantitative estimate of drug-likeness (QED) is 0.882. The lowest BCUT2D eigenvalue weighted by atomic mass is 10.1. The molecular formula is C14H16N4O2. The normalized spacial score (nSPS) is 10.3. The van der Waals surface area contributed by atoms with E-state index >= 15 is 0 Å². The molecule has 0 aliphatic heterocycles. The highest BCUT2D eigenvalue weighted by atomic mass is 16.5. The first-order valence-corrected chi connectivity index (χ1v) is 6.09. The van der Waals surface area contributed by atoms with Crippen molar-refractivity contribution in [2.75, 3.05) is 24.8 Å². The van der Waals surface area contributed by atoms with Crippen molar-refractivity contribution in [1.82, 2.24) is 9.97 Å². The Kier molecular flexibility index (Phi) is 4.27. The number of rotatable bonds is 4. The van der Waals surface area contributed by atoms with Gasteiger partial charge in [-0.15, -0.1) is 0 Å². The van der Waals surface area contributed by atoms with Crippen LogP contribution in [0.25, 0.3) is 11.3 Å². The Bertz CT molecular complexity index is 608. The molecule has 20 heavy (non-hydrogen) atoms. The highest BCUT2D eigenvalue weighted by molar-refractivity contribution is 5.92. The van der Waals surface area contributed by atoms with Crippen LogP contribution < -0.4 is 11.1 Å². The zero-order valence-corrected chi connectivity index (χ0v) is 11.4. The van der Waals surface area contributed by atoms with E-state index in [1.165, 1.54) is 7.11 Å². The van der Waals surface area contributed by atoms with Crippen LogP contribution in [0, 0.1) is 6.92 Å². The van der Waals surface area contributed by atoms with Crippen LogP contribution >= 0.6 is 0 Å². The molecule has 1 amide bonds. The summed E-state index contributed by atoms with van der Waals surface area (Å²) in [6.45, 7) is 1.87. The van der Waals surface area contributed by atoms with Gasteiger partial charge in [0, 0.05) is 24.1 Å². The van der Waals surface area contributed by atoms with Gasteiger partial charge < -0.3 is 15.8 Å². The van der Waals surface area contributed by atoms with Crippen LogP contribution in [-0.4, -0.2) is 29.6 Å². The van der Waals surface area contributed by atoms with E-state index in [0.717, 1.165) is 17.0 Å². The predicted octanol–water partition coefficient (Wildman–Crippen LogP) is 1.62. The van der Waals surface area contributed by atoms with Crippen molar-refractivity contribution in [3.63, 3.8) is 0 Å². The van der Waals surface area contributed by atoms with Gasteiger partial charge in [0.2, 0.25) is 11.9 Å². The van der Waals surface area contributed by atoms with Crippen molar-refractivity contribution in [2.24, 2.45) is 0 Å². The van der Waals surface area contributed by atoms with Crippen LogP contribution in [0.4, 0.5) is 11.6 Å². The highest BCUT2D eigenvalue weighted by Crippen LogP contribution is 2.22. The van der Waals surface area contributed by atoms with Crippen LogP contribution in [-0.2, 0) is 9.53 Å². The lowest BCUT2D eigenvalue weighted by Crippen LogP contribution is -2.17. The van der Waals surface area contributed by atoms with E-state index in [2.05, 4.69) is 15.3 Å². The SMILES string of the molecule is COCC(=O)Nc1cccc(-c2cc(C)nc(N)n2)c1. The van der Waals surface area contributed by atoms with Crippen molar-refractivity contribution in [3.8, 4) is 11.3 Å². The minimum atomic E-state index is -0.206. The molecule has 0 unspecified atom stereocenters. The monoisotopic (exact) mass is 272 g/mol. The first-order valence-electron chi connectivity index (χ1n) is 6.09. The van der Waals surface area contributed by atoms with Crippen LogP contribution in [0.2, 0.25) is 0 Å². The number of nitrogens with zero attached hydrogens (tertiary/aromatic N) is 2. The van der Waals surface area contributed by atoms with Gasteiger partial charge in [-0.3, -0.25) is 4.79 Å². The number of benzene rings is 1. The van der Waals surface area contributed by atoms with E-state index in [1.54, 1.807) is 6.07 Å². The number of methoxy groups -OCH3 is 1. The third kappa shape index (κ3) is 3.52. The van der Waals surface area contributed by atoms with Crippen molar-refractivity contribution in [1.29, 1.82) is 0 Å². The number of ether oxygens (including phenoxy) is 1. The Morgan fingerprint density at radius 1 is 1.35 bits per heavy atom. The second-order valence-electron chi connectivity index (χ2n) is 4.31. The zero-order valence-electron chi connectivity index (χ0n) is 11.4. The van der Waals surface area contributed by atoms with E-state index in [0.29, 0.717) is 5.69 Å². The summed E-state index contributed by atoms with van der Waals surface area (Å²) in [6.07, 6.45) is 0. The molecule has 3 N–H and O–H groups in total. The van der Waals surface area contributed by atoms with Crippen LogP contribution in [0.15, 0.2) is 30.3 Å². The standard InChI is InChI=1S/C14H16N4O2/c1-9-6-12(18-14(15)16-9)10-4-3-5-11(7-10)17-13(19)8-20-2/h3-7H,8H2,1-2H3,(H,17,19)(H2,15,16,18). The van der Waals surface area contributed by atoms with Gasteiger partial charge in [0.25, 0.3) is 0 Å². The highest BCUT2D eigenvalue weighted by Gasteiger charge is 2.06. The molecule has 0 atom stereocenters. The number of nitrogen functional groups attached to an aromatic ring is 1. The molecule has 0 saturated heterocycles. The number of aryl methyl sites for hydroxylation is 1. The number of nitrogens with one attached hydrogen (secondary N) is 1. The maximum Gasteiger partial charge on any atom is 0.250 e. The summed E-state index contributed by atoms with van der Waals surface area (Å²) in [7, 11) is 1.47. The summed E-state index contributed by atoms with van der Waals surface area (Å²) >= 11 is 0. The van der Waals surface area contributed by atoms with Gasteiger partial charge in [0.15, 0.2) is 0 Å². The third-order valence-electron chi connectivity index (χ3n) is 2.59. The molecule has 0 spiro atoms. The van der Waals surface area contributed by atoms with Crippen LogP contribution in [0.5, 0.6) is 0 Å². The van der Waals surface area contributed by atoms with E-state index < -0.39 is 0 Å². The molecule has 0 fully saturated rings. The van der Waals surface area contributed by atoms with Gasteiger partial charge >= 0.3 is 0 Å². The average Bonchev–Trinajstić information content (AvgIpc) is 2.38. The summed E-state index contributed by atoms with van der Waals surface area (Å²) in [5, 5.41) is 2.74. The van der Waals surface area contributed by atoms with Gasteiger partial charge in [-0.2, -0.15) is 0 Å². The molecule has 0 radical (unpaired) electrons. The predicted molar refractivity (Wildman–Crippen MR) is 77.1 cm³/mol. The molecule has 0 aliphatic rings. The Balaban J connectivity index is 2.27. The van der Waals surface area contributed by atoms with Crippen LogP contribution in [0.1, 0.15) is 5.69 Å². The fraction of sp³-hybridized carbons (Fsp3) is 0.214. The Morgan fingerprint density at radius 3 is 2.85 bits per heavy atom. The van der Waals surface area contributed by atoms with Gasteiger partial charge in [0.1, 0.15) is 6.61 Å². The first-order chi connectivity index (χ1) is 9.58. The lowest BCUT2D eigenvalue weighted by Gasteiger charge is -2.07. The van der Waals surface area contributed by atoms with Crippen molar-refractivity contribution < 1.29 is 9.53 Å². The van der Waals surface area contributed by atoms with Crippen molar-refractivity contribution in [3.05, 3.63) is 36.0 Å². The number of hydrogen-bond donors (Lipinski definition) is 2. The van der Waals surface area contributed by atoms with E-state index in [9.17, 15) is 4.79 Å². The fourth-order valence-corrected chi connectivity index (χ4v) is 1.82. The summed E-state index contributed by atoms with van der Waals surface area (Å²) in [6, 6.07) is 9.20. The topological polar surface area (TPSA) is 90.1 Å². The van der Waals surface area contributed by atoms with Gasteiger partial charge in [-0.25, -0.2) is 9.97 Å². The number of hydrogen-bond acceptors (Lipinski definition) is 5. The van der Waals surface area contributed by atoms with Crippen molar-refractivity contribution in [2.45, 2.75) is 6.92 Å². The molecule has 2 rings (SSSR count). The number of anilines is 2. The fourth-order valence-electron chi connectivity index (χ4n) is 1.82. The molecule has 1 aromatic heterocycles. The zero-order chi connectivity index (χ0) is 14.5. The first kappa shape index (κ1) is 14.0. The van der Waals surface area contributed by atoms with Gasteiger partial charge in [0.05, 0.1) is 5.69 Å². The van der Waals surface area contributed by atoms with E-state index in [4.69, 9.17) is 10.5 Å². The molecule has 2 aromatic rings. The second kappa shape index (κ2) is 6.12. The molecule has 0 bridgehead atoms. The third-order valence-corrected chi connectivity index (χ3v) is 2.59. The number of nitrogens with two attached hydrogens (primary N) is 1. The Morgan fingerprint density at radius 2 is 2.15 bits per heavy atom. The molecule has 6 nitrogen and oxygen atoms in total. The molecule has 0 saturated carbocycles. The number of aromatic nitrogens is 2. The number of carbonyl (C=O) groups excluding carboxylic acids is 1. The Labute approximate surface area is 117 Å². The molecular weight excluding hydrogens is 256 g/mol. The maximum absolute atomic E-state index is 11.5. The van der Waals surface area contributed by atoms with E-state index in [-0.39, 0.29) is 18.5 Å². The minimum Gasteiger partial charge on any atom is -0.375 e. The average molecular weight is 272 g/mol. The summed E-state index contributed by atoms with van der Waals surface area (Å²) < 4.78 is 4.77. The van der Waals surface area contributed by atoms with Gasteiger partial charge in [-0.1, -0.05) is 12.1 Å². The number of carbonyl (C=O) groups is 1. The summed E-state index contributed by atoms with van der Waals surface area (Å²) in [4.78, 5) is 19.7. The number of amides is 1. The van der Waals surface area contributed by atoms with Crippen molar-refractivity contribution >= 4 is 17.5 Å². The lowest BCUT2D eigenvalue weighted by molar-refractivity contribution is -0.119. The molecule has 6 heteroatoms. The largest absolute Gasteiger partial charge is 0.375 e. The summed E-state index contributed by atoms with van der Waals surface area (Å²) in [5.41, 5.74) is 8.70. The van der Waals surface area contributed by atoms with E-state index in [1.807, 2.05) is 31.2 Å². The van der Waals surface area contributed by atoms with Crippen LogP contribution in [0.3, 0.4) is 0 Å². The van der Waals surface area contributed by atoms with Gasteiger partial charge in [-0.05, 0) is 25.1 Å². The minimum absolute atomic E-state index is 0.0176. The smallest absolute Gasteiger partial charge is 0.250 e. The maximum atomic E-state index is 11.5. The molecule has 1 aromatic carbocycles. The second-order valence-corrected chi connectivity index (χ2v) is 4.31. The summed E-state index contributed by atoms with van der Waals surface area (Å²) in [5.74, 6) is 0.0249. The molecule has 0 aliphatic carbocycles. The molecule has 1 heterocycles.